The Labute approximate surface area is 113 Å². The number of nitrogens with zero attached hydrogens (tertiary/aromatic N) is 1. The molecule has 1 fully saturated rings. The van der Waals surface area contributed by atoms with Crippen LogP contribution >= 0.6 is 15.9 Å². The molecule has 1 N–H and O–H groups in total. The number of nitrogens with one attached hydrogen (secondary N) is 1. The summed E-state index contributed by atoms with van der Waals surface area (Å²) in [6.07, 6.45) is 2.67. The predicted molar refractivity (Wildman–Crippen MR) is 76.2 cm³/mol. The average Bonchev–Trinajstić information content (AvgIpc) is 2.72. The van der Waals surface area contributed by atoms with Crippen LogP contribution in [0, 0.1) is 0 Å². The molecular formula is C14H21BrN2. The van der Waals surface area contributed by atoms with Gasteiger partial charge in [-0.1, -0.05) is 28.1 Å². The van der Waals surface area contributed by atoms with Crippen molar-refractivity contribution in [1.82, 2.24) is 10.2 Å². The van der Waals surface area contributed by atoms with Crippen LogP contribution < -0.4 is 5.32 Å². The number of rotatable bonds is 4. The maximum atomic E-state index is 3.64. The zero-order valence-electron chi connectivity index (χ0n) is 10.6. The summed E-state index contributed by atoms with van der Waals surface area (Å²) in [4.78, 5) is 2.46. The van der Waals surface area contributed by atoms with Gasteiger partial charge in [0, 0.05) is 23.1 Å². The van der Waals surface area contributed by atoms with E-state index in [4.69, 9.17) is 0 Å². The van der Waals surface area contributed by atoms with E-state index >= 15 is 0 Å². The lowest BCUT2D eigenvalue weighted by Crippen LogP contribution is -2.36. The van der Waals surface area contributed by atoms with E-state index in [0.29, 0.717) is 12.1 Å². The predicted octanol–water partition coefficient (Wildman–Crippen LogP) is 3.19. The summed E-state index contributed by atoms with van der Waals surface area (Å²) in [6, 6.07) is 9.67. The minimum atomic E-state index is 0.418. The van der Waals surface area contributed by atoms with Gasteiger partial charge in [-0.05, 0) is 51.1 Å². The lowest BCUT2D eigenvalue weighted by Gasteiger charge is -2.22. The fourth-order valence-corrected chi connectivity index (χ4v) is 2.86. The molecule has 0 aliphatic carbocycles. The largest absolute Gasteiger partial charge is 0.309 e. The third-order valence-electron chi connectivity index (χ3n) is 3.68. The molecular weight excluding hydrogens is 276 g/mol. The molecule has 1 heterocycles. The van der Waals surface area contributed by atoms with Crippen molar-refractivity contribution in [2.75, 3.05) is 20.1 Å². The van der Waals surface area contributed by atoms with Crippen LogP contribution in [0.15, 0.2) is 28.7 Å². The van der Waals surface area contributed by atoms with Crippen molar-refractivity contribution in [1.29, 1.82) is 0 Å². The van der Waals surface area contributed by atoms with Gasteiger partial charge in [0.25, 0.3) is 0 Å². The zero-order chi connectivity index (χ0) is 12.3. The molecule has 2 rings (SSSR count). The van der Waals surface area contributed by atoms with Gasteiger partial charge >= 0.3 is 0 Å². The van der Waals surface area contributed by atoms with E-state index in [1.165, 1.54) is 24.9 Å². The first-order valence-corrected chi connectivity index (χ1v) is 7.15. The summed E-state index contributed by atoms with van der Waals surface area (Å²) in [5.41, 5.74) is 1.35. The summed E-state index contributed by atoms with van der Waals surface area (Å²) in [6.45, 7) is 4.57. The van der Waals surface area contributed by atoms with Crippen LogP contribution in [0.4, 0.5) is 0 Å². The first kappa shape index (κ1) is 13.1. The molecule has 0 radical (unpaired) electrons. The normalized spacial score (nSPS) is 22.9. The monoisotopic (exact) mass is 296 g/mol. The molecule has 1 aromatic carbocycles. The number of likely N-dealkylation sites (N-methyl/N-ethyl adjacent to an activating group) is 1. The van der Waals surface area contributed by atoms with E-state index in [0.717, 1.165) is 11.0 Å². The number of hydrogen-bond donors (Lipinski definition) is 1. The highest BCUT2D eigenvalue weighted by molar-refractivity contribution is 9.10. The Balaban J connectivity index is 1.86. The van der Waals surface area contributed by atoms with Gasteiger partial charge in [-0.15, -0.1) is 0 Å². The van der Waals surface area contributed by atoms with Gasteiger partial charge in [-0.2, -0.15) is 0 Å². The van der Waals surface area contributed by atoms with Crippen molar-refractivity contribution < 1.29 is 0 Å². The van der Waals surface area contributed by atoms with Crippen molar-refractivity contribution in [3.63, 3.8) is 0 Å². The molecule has 2 nitrogen and oxygen atoms in total. The van der Waals surface area contributed by atoms with Crippen LogP contribution in [0.25, 0.3) is 0 Å². The molecule has 3 heteroatoms. The second-order valence-electron chi connectivity index (χ2n) is 4.96. The second-order valence-corrected chi connectivity index (χ2v) is 5.88. The zero-order valence-corrected chi connectivity index (χ0v) is 12.2. The molecule has 2 unspecified atom stereocenters. The van der Waals surface area contributed by atoms with Crippen LogP contribution in [-0.4, -0.2) is 31.1 Å². The maximum Gasteiger partial charge on any atom is 0.0292 e. The van der Waals surface area contributed by atoms with E-state index < -0.39 is 0 Å². The SMILES string of the molecule is CC(NCC1CCCN1C)c1cccc(Br)c1. The lowest BCUT2D eigenvalue weighted by molar-refractivity contribution is 0.293. The van der Waals surface area contributed by atoms with Gasteiger partial charge in [-0.25, -0.2) is 0 Å². The Kier molecular flexibility index (Phi) is 4.60. The summed E-state index contributed by atoms with van der Waals surface area (Å²) in [5, 5.41) is 3.64. The molecule has 0 saturated carbocycles. The first-order valence-electron chi connectivity index (χ1n) is 6.36. The van der Waals surface area contributed by atoms with E-state index in [-0.39, 0.29) is 0 Å². The Morgan fingerprint density at radius 1 is 1.53 bits per heavy atom. The van der Waals surface area contributed by atoms with Gasteiger partial charge in [-0.3, -0.25) is 0 Å². The minimum Gasteiger partial charge on any atom is -0.309 e. The number of hydrogen-bond acceptors (Lipinski definition) is 2. The van der Waals surface area contributed by atoms with Gasteiger partial charge < -0.3 is 10.2 Å². The first-order chi connectivity index (χ1) is 8.16. The van der Waals surface area contributed by atoms with Crippen LogP contribution in [0.3, 0.4) is 0 Å². The highest BCUT2D eigenvalue weighted by Crippen LogP contribution is 2.19. The van der Waals surface area contributed by atoms with Crippen LogP contribution in [0.1, 0.15) is 31.4 Å². The Morgan fingerprint density at radius 2 is 2.35 bits per heavy atom. The summed E-state index contributed by atoms with van der Waals surface area (Å²) < 4.78 is 1.15. The summed E-state index contributed by atoms with van der Waals surface area (Å²) in [7, 11) is 2.23. The smallest absolute Gasteiger partial charge is 0.0292 e. The van der Waals surface area contributed by atoms with Gasteiger partial charge in [0.1, 0.15) is 0 Å². The topological polar surface area (TPSA) is 15.3 Å². The molecule has 1 aliphatic heterocycles. The summed E-state index contributed by atoms with van der Waals surface area (Å²) in [5.74, 6) is 0. The molecule has 0 aromatic heterocycles. The van der Waals surface area contributed by atoms with Crippen molar-refractivity contribution in [2.24, 2.45) is 0 Å². The highest BCUT2D eigenvalue weighted by atomic mass is 79.9. The second kappa shape index (κ2) is 5.98. The van der Waals surface area contributed by atoms with Gasteiger partial charge in [0.2, 0.25) is 0 Å². The lowest BCUT2D eigenvalue weighted by atomic mass is 10.1. The van der Waals surface area contributed by atoms with E-state index in [1.54, 1.807) is 0 Å². The Morgan fingerprint density at radius 3 is 3.00 bits per heavy atom. The number of halogens is 1. The number of likely N-dealkylation sites (tertiary alicyclic amines) is 1. The fraction of sp³-hybridized carbons (Fsp3) is 0.571. The van der Waals surface area contributed by atoms with Crippen molar-refractivity contribution in [2.45, 2.75) is 31.8 Å². The molecule has 17 heavy (non-hydrogen) atoms. The highest BCUT2D eigenvalue weighted by Gasteiger charge is 2.20. The molecule has 0 spiro atoms. The van der Waals surface area contributed by atoms with Crippen LogP contribution in [0.2, 0.25) is 0 Å². The van der Waals surface area contributed by atoms with E-state index in [9.17, 15) is 0 Å². The van der Waals surface area contributed by atoms with Crippen LogP contribution in [0.5, 0.6) is 0 Å². The maximum absolute atomic E-state index is 3.64. The van der Waals surface area contributed by atoms with Gasteiger partial charge in [0.05, 0.1) is 0 Å². The van der Waals surface area contributed by atoms with Crippen LogP contribution in [-0.2, 0) is 0 Å². The molecule has 94 valence electrons. The molecule has 0 amide bonds. The fourth-order valence-electron chi connectivity index (χ4n) is 2.44. The Bertz CT molecular complexity index is 367. The van der Waals surface area contributed by atoms with Crippen molar-refractivity contribution >= 4 is 15.9 Å². The Hall–Kier alpha value is -0.380. The van der Waals surface area contributed by atoms with Crippen molar-refractivity contribution in [3.8, 4) is 0 Å². The number of benzene rings is 1. The third-order valence-corrected chi connectivity index (χ3v) is 4.17. The van der Waals surface area contributed by atoms with E-state index in [2.05, 4.69) is 64.4 Å². The molecule has 1 aromatic rings. The molecule has 1 aliphatic rings. The quantitative estimate of drug-likeness (QED) is 0.918. The molecule has 2 atom stereocenters. The average molecular weight is 297 g/mol. The third kappa shape index (κ3) is 3.54. The standard InChI is InChI=1S/C14H21BrN2/c1-11(12-5-3-6-13(15)9-12)16-10-14-7-4-8-17(14)2/h3,5-6,9,11,14,16H,4,7-8,10H2,1-2H3. The molecule has 1 saturated heterocycles. The van der Waals surface area contributed by atoms with Gasteiger partial charge in [0.15, 0.2) is 0 Å². The summed E-state index contributed by atoms with van der Waals surface area (Å²) >= 11 is 3.52. The molecule has 0 bridgehead atoms. The minimum absolute atomic E-state index is 0.418. The van der Waals surface area contributed by atoms with Crippen molar-refractivity contribution in [3.05, 3.63) is 34.3 Å². The van der Waals surface area contributed by atoms with E-state index in [1.807, 2.05) is 0 Å².